The first kappa shape index (κ1) is 12.5. The fraction of sp³-hybridized carbons (Fsp3) is 0.583. The molecule has 0 amide bonds. The number of aromatic nitrogens is 1. The third kappa shape index (κ3) is 5.80. The maximum atomic E-state index is 4.01. The standard InChI is InChI=1S/C12H20N2S/c1-10(2)8-14-9-11(3)15-12-4-6-13-7-5-12/h4-7,10-11,14H,8-9H2,1-3H3. The van der Waals surface area contributed by atoms with Gasteiger partial charge in [0.1, 0.15) is 0 Å². The van der Waals surface area contributed by atoms with Gasteiger partial charge in [-0.1, -0.05) is 20.8 Å². The van der Waals surface area contributed by atoms with Gasteiger partial charge in [-0.15, -0.1) is 11.8 Å². The Balaban J connectivity index is 2.21. The Morgan fingerprint density at radius 1 is 1.20 bits per heavy atom. The van der Waals surface area contributed by atoms with E-state index in [4.69, 9.17) is 0 Å². The lowest BCUT2D eigenvalue weighted by Crippen LogP contribution is -2.26. The molecule has 0 bridgehead atoms. The highest BCUT2D eigenvalue weighted by atomic mass is 32.2. The van der Waals surface area contributed by atoms with E-state index in [0.29, 0.717) is 5.25 Å². The lowest BCUT2D eigenvalue weighted by atomic mass is 10.2. The summed E-state index contributed by atoms with van der Waals surface area (Å²) in [4.78, 5) is 5.30. The molecule has 1 unspecified atom stereocenters. The van der Waals surface area contributed by atoms with Crippen molar-refractivity contribution in [2.45, 2.75) is 30.9 Å². The molecule has 3 heteroatoms. The van der Waals surface area contributed by atoms with Gasteiger partial charge in [0, 0.05) is 29.1 Å². The van der Waals surface area contributed by atoms with Crippen molar-refractivity contribution in [3.8, 4) is 0 Å². The van der Waals surface area contributed by atoms with Crippen molar-refractivity contribution in [1.29, 1.82) is 0 Å². The van der Waals surface area contributed by atoms with Gasteiger partial charge in [0.2, 0.25) is 0 Å². The van der Waals surface area contributed by atoms with Crippen LogP contribution in [-0.4, -0.2) is 23.3 Å². The first-order valence-electron chi connectivity index (χ1n) is 5.46. The Morgan fingerprint density at radius 3 is 2.47 bits per heavy atom. The van der Waals surface area contributed by atoms with Gasteiger partial charge in [0.25, 0.3) is 0 Å². The van der Waals surface area contributed by atoms with Gasteiger partial charge in [-0.05, 0) is 24.6 Å². The monoisotopic (exact) mass is 224 g/mol. The second kappa shape index (κ2) is 6.85. The van der Waals surface area contributed by atoms with Crippen LogP contribution in [0.2, 0.25) is 0 Å². The Kier molecular flexibility index (Phi) is 5.73. The molecule has 0 radical (unpaired) electrons. The minimum atomic E-state index is 0.603. The van der Waals surface area contributed by atoms with Gasteiger partial charge < -0.3 is 5.32 Å². The molecule has 1 aromatic rings. The van der Waals surface area contributed by atoms with Crippen LogP contribution in [0.5, 0.6) is 0 Å². The van der Waals surface area contributed by atoms with Crippen LogP contribution < -0.4 is 5.32 Å². The zero-order valence-corrected chi connectivity index (χ0v) is 10.6. The molecular weight excluding hydrogens is 204 g/mol. The summed E-state index contributed by atoms with van der Waals surface area (Å²) in [6, 6.07) is 4.12. The van der Waals surface area contributed by atoms with E-state index in [2.05, 4.69) is 43.2 Å². The molecule has 0 aliphatic carbocycles. The lowest BCUT2D eigenvalue weighted by molar-refractivity contribution is 0.554. The summed E-state index contributed by atoms with van der Waals surface area (Å²) in [5.41, 5.74) is 0. The van der Waals surface area contributed by atoms with E-state index in [1.807, 2.05) is 24.2 Å². The molecule has 1 aromatic heterocycles. The number of pyridine rings is 1. The average Bonchev–Trinajstić information content (AvgIpc) is 2.18. The minimum Gasteiger partial charge on any atom is -0.315 e. The zero-order chi connectivity index (χ0) is 11.1. The fourth-order valence-corrected chi connectivity index (χ4v) is 2.21. The van der Waals surface area contributed by atoms with E-state index >= 15 is 0 Å². The molecule has 1 heterocycles. The first-order valence-corrected chi connectivity index (χ1v) is 6.34. The molecule has 2 nitrogen and oxygen atoms in total. The van der Waals surface area contributed by atoms with Crippen molar-refractivity contribution in [3.63, 3.8) is 0 Å². The summed E-state index contributed by atoms with van der Waals surface area (Å²) in [6.45, 7) is 8.87. The maximum Gasteiger partial charge on any atom is 0.0278 e. The summed E-state index contributed by atoms with van der Waals surface area (Å²) >= 11 is 1.89. The van der Waals surface area contributed by atoms with Gasteiger partial charge in [-0.3, -0.25) is 4.98 Å². The van der Waals surface area contributed by atoms with E-state index in [0.717, 1.165) is 19.0 Å². The van der Waals surface area contributed by atoms with Gasteiger partial charge in [-0.2, -0.15) is 0 Å². The quantitative estimate of drug-likeness (QED) is 0.752. The van der Waals surface area contributed by atoms with E-state index in [9.17, 15) is 0 Å². The SMILES string of the molecule is CC(C)CNCC(C)Sc1ccncc1. The molecule has 0 aliphatic rings. The van der Waals surface area contributed by atoms with Crippen LogP contribution in [0.25, 0.3) is 0 Å². The number of thioether (sulfide) groups is 1. The van der Waals surface area contributed by atoms with E-state index < -0.39 is 0 Å². The minimum absolute atomic E-state index is 0.603. The van der Waals surface area contributed by atoms with Crippen LogP contribution in [0, 0.1) is 5.92 Å². The molecule has 1 N–H and O–H groups in total. The van der Waals surface area contributed by atoms with Gasteiger partial charge in [0.15, 0.2) is 0 Å². The predicted molar refractivity (Wildman–Crippen MR) is 67.3 cm³/mol. The van der Waals surface area contributed by atoms with E-state index in [1.165, 1.54) is 4.90 Å². The summed E-state index contributed by atoms with van der Waals surface area (Å²) in [5.74, 6) is 0.725. The van der Waals surface area contributed by atoms with Crippen LogP contribution >= 0.6 is 11.8 Å². The van der Waals surface area contributed by atoms with Crippen molar-refractivity contribution < 1.29 is 0 Å². The number of hydrogen-bond donors (Lipinski definition) is 1. The molecule has 0 aliphatic heterocycles. The highest BCUT2D eigenvalue weighted by Crippen LogP contribution is 2.21. The van der Waals surface area contributed by atoms with Crippen LogP contribution in [0.1, 0.15) is 20.8 Å². The van der Waals surface area contributed by atoms with E-state index in [1.54, 1.807) is 0 Å². The summed E-state index contributed by atoms with van der Waals surface area (Å²) < 4.78 is 0. The fourth-order valence-electron chi connectivity index (χ4n) is 1.27. The molecule has 15 heavy (non-hydrogen) atoms. The van der Waals surface area contributed by atoms with Crippen LogP contribution in [0.3, 0.4) is 0 Å². The Bertz CT molecular complexity index is 262. The number of nitrogens with one attached hydrogen (secondary N) is 1. The van der Waals surface area contributed by atoms with Crippen molar-refractivity contribution >= 4 is 11.8 Å². The van der Waals surface area contributed by atoms with Gasteiger partial charge in [-0.25, -0.2) is 0 Å². The number of nitrogens with zero attached hydrogens (tertiary/aromatic N) is 1. The van der Waals surface area contributed by atoms with Gasteiger partial charge >= 0.3 is 0 Å². The molecule has 1 atom stereocenters. The molecule has 0 saturated carbocycles. The van der Waals surface area contributed by atoms with Crippen molar-refractivity contribution in [2.75, 3.05) is 13.1 Å². The predicted octanol–water partition coefficient (Wildman–Crippen LogP) is 2.81. The smallest absolute Gasteiger partial charge is 0.0278 e. The second-order valence-electron chi connectivity index (χ2n) is 4.16. The van der Waals surface area contributed by atoms with Crippen LogP contribution in [0.4, 0.5) is 0 Å². The van der Waals surface area contributed by atoms with Crippen molar-refractivity contribution in [2.24, 2.45) is 5.92 Å². The molecule has 0 fully saturated rings. The average molecular weight is 224 g/mol. The van der Waals surface area contributed by atoms with Crippen LogP contribution in [0.15, 0.2) is 29.4 Å². The topological polar surface area (TPSA) is 24.9 Å². The van der Waals surface area contributed by atoms with Crippen molar-refractivity contribution in [3.05, 3.63) is 24.5 Å². The molecule has 84 valence electrons. The number of rotatable bonds is 6. The highest BCUT2D eigenvalue weighted by molar-refractivity contribution is 8.00. The van der Waals surface area contributed by atoms with E-state index in [-0.39, 0.29) is 0 Å². The van der Waals surface area contributed by atoms with Crippen molar-refractivity contribution in [1.82, 2.24) is 10.3 Å². The molecule has 0 saturated heterocycles. The Morgan fingerprint density at radius 2 is 1.87 bits per heavy atom. The lowest BCUT2D eigenvalue weighted by Gasteiger charge is -2.13. The Hall–Kier alpha value is -0.540. The second-order valence-corrected chi connectivity index (χ2v) is 5.68. The first-order chi connectivity index (χ1) is 7.18. The molecule has 1 rings (SSSR count). The normalized spacial score (nSPS) is 13.1. The van der Waals surface area contributed by atoms with Crippen LogP contribution in [-0.2, 0) is 0 Å². The largest absolute Gasteiger partial charge is 0.315 e. The Labute approximate surface area is 96.9 Å². The molecule has 0 spiro atoms. The molecular formula is C12H20N2S. The summed E-state index contributed by atoms with van der Waals surface area (Å²) in [6.07, 6.45) is 3.69. The third-order valence-electron chi connectivity index (χ3n) is 1.97. The summed E-state index contributed by atoms with van der Waals surface area (Å²) in [5, 5.41) is 4.07. The highest BCUT2D eigenvalue weighted by Gasteiger charge is 2.03. The summed E-state index contributed by atoms with van der Waals surface area (Å²) in [7, 11) is 0. The van der Waals surface area contributed by atoms with Gasteiger partial charge in [0.05, 0.1) is 0 Å². The zero-order valence-electron chi connectivity index (χ0n) is 9.73. The molecule has 0 aromatic carbocycles. The third-order valence-corrected chi connectivity index (χ3v) is 3.08. The maximum absolute atomic E-state index is 4.01. The number of hydrogen-bond acceptors (Lipinski definition) is 3.